The molecule has 0 radical (unpaired) electrons. The van der Waals surface area contributed by atoms with Crippen LogP contribution >= 0.6 is 11.8 Å². The lowest BCUT2D eigenvalue weighted by molar-refractivity contribution is 0.285. The van der Waals surface area contributed by atoms with Crippen LogP contribution in [-0.4, -0.2) is 39.8 Å². The minimum absolute atomic E-state index is 0.0567. The Kier molecular flexibility index (Phi) is 6.30. The lowest BCUT2D eigenvalue weighted by atomic mass is 9.97. The van der Waals surface area contributed by atoms with Crippen LogP contribution in [0.15, 0.2) is 9.82 Å². The van der Waals surface area contributed by atoms with Gasteiger partial charge in [-0.2, -0.15) is 4.98 Å². The first-order valence-electron chi connectivity index (χ1n) is 8.18. The summed E-state index contributed by atoms with van der Waals surface area (Å²) < 4.78 is 1.94. The Morgan fingerprint density at radius 2 is 1.90 bits per heavy atom. The van der Waals surface area contributed by atoms with Crippen LogP contribution in [0.5, 0.6) is 0 Å². The molecule has 1 heterocycles. The Labute approximate surface area is 131 Å². The first kappa shape index (κ1) is 16.6. The molecule has 118 valence electrons. The summed E-state index contributed by atoms with van der Waals surface area (Å²) in [5.41, 5.74) is 2.54. The highest BCUT2D eigenvalue weighted by molar-refractivity contribution is 7.99. The second kappa shape index (κ2) is 7.99. The molecule has 0 atom stereocenters. The average Bonchev–Trinajstić information content (AvgIpc) is 2.51. The molecule has 0 bridgehead atoms. The zero-order valence-corrected chi connectivity index (χ0v) is 14.3. The molecule has 0 fully saturated rings. The zero-order valence-electron chi connectivity index (χ0n) is 13.5. The minimum atomic E-state index is -0.0567. The smallest absolute Gasteiger partial charge is 0.302 e. The van der Waals surface area contributed by atoms with Gasteiger partial charge in [-0.3, -0.25) is 4.57 Å². The van der Waals surface area contributed by atoms with Crippen molar-refractivity contribution in [3.63, 3.8) is 0 Å². The fourth-order valence-electron chi connectivity index (χ4n) is 3.02. The lowest BCUT2D eigenvalue weighted by Crippen LogP contribution is -2.35. The van der Waals surface area contributed by atoms with Gasteiger partial charge in [0.25, 0.3) is 0 Å². The van der Waals surface area contributed by atoms with E-state index in [2.05, 4.69) is 30.7 Å². The van der Waals surface area contributed by atoms with Gasteiger partial charge in [-0.1, -0.05) is 20.8 Å². The van der Waals surface area contributed by atoms with E-state index in [0.29, 0.717) is 0 Å². The quantitative estimate of drug-likeness (QED) is 0.573. The fourth-order valence-corrected chi connectivity index (χ4v) is 3.83. The van der Waals surface area contributed by atoms with Crippen LogP contribution in [0.4, 0.5) is 0 Å². The number of hydrogen-bond donors (Lipinski definition) is 0. The number of hydrogen-bond acceptors (Lipinski definition) is 4. The van der Waals surface area contributed by atoms with Crippen LogP contribution in [0, 0.1) is 0 Å². The van der Waals surface area contributed by atoms with Crippen LogP contribution in [0.2, 0.25) is 0 Å². The van der Waals surface area contributed by atoms with Crippen LogP contribution in [0.3, 0.4) is 0 Å². The van der Waals surface area contributed by atoms with E-state index in [4.69, 9.17) is 0 Å². The molecule has 0 spiro atoms. The Bertz CT molecular complexity index is 523. The van der Waals surface area contributed by atoms with Crippen molar-refractivity contribution in [3.05, 3.63) is 21.7 Å². The van der Waals surface area contributed by atoms with E-state index in [0.717, 1.165) is 49.8 Å². The SMILES string of the molecule is CCSc1nc(=O)n(CCN(CC)CC)c2c1CCCC2. The molecule has 2 rings (SSSR count). The van der Waals surface area contributed by atoms with Crippen molar-refractivity contribution >= 4 is 11.8 Å². The van der Waals surface area contributed by atoms with Crippen LogP contribution in [-0.2, 0) is 19.4 Å². The van der Waals surface area contributed by atoms with Gasteiger partial charge in [0, 0.05) is 24.3 Å². The van der Waals surface area contributed by atoms with Gasteiger partial charge in [0.2, 0.25) is 0 Å². The molecule has 1 aromatic rings. The van der Waals surface area contributed by atoms with Crippen LogP contribution in [0.1, 0.15) is 44.9 Å². The highest BCUT2D eigenvalue weighted by atomic mass is 32.2. The maximum Gasteiger partial charge on any atom is 0.348 e. The number of rotatable bonds is 7. The van der Waals surface area contributed by atoms with Gasteiger partial charge in [0.05, 0.1) is 0 Å². The predicted octanol–water partition coefficient (Wildman–Crippen LogP) is 2.58. The number of likely N-dealkylation sites (N-methyl/N-ethyl adjacent to an activating group) is 1. The third kappa shape index (κ3) is 3.89. The van der Waals surface area contributed by atoms with E-state index in [1.807, 2.05) is 4.57 Å². The standard InChI is InChI=1S/C16H27N3OS/c1-4-18(5-2)11-12-19-14-10-8-7-9-13(14)15(21-6-3)17-16(19)20/h4-12H2,1-3H3. The summed E-state index contributed by atoms with van der Waals surface area (Å²) in [7, 11) is 0. The third-order valence-electron chi connectivity index (χ3n) is 4.27. The topological polar surface area (TPSA) is 38.1 Å². The van der Waals surface area contributed by atoms with Gasteiger partial charge in [0.1, 0.15) is 5.03 Å². The molecule has 0 N–H and O–H groups in total. The molecule has 0 aromatic carbocycles. The van der Waals surface area contributed by atoms with E-state index in [1.165, 1.54) is 24.1 Å². The number of fused-ring (bicyclic) bond motifs is 1. The molecular formula is C16H27N3OS. The summed E-state index contributed by atoms with van der Waals surface area (Å²) in [4.78, 5) is 19.1. The maximum absolute atomic E-state index is 12.4. The molecule has 5 heteroatoms. The Hall–Kier alpha value is -0.810. The predicted molar refractivity (Wildman–Crippen MR) is 89.3 cm³/mol. The van der Waals surface area contributed by atoms with Gasteiger partial charge < -0.3 is 4.90 Å². The molecule has 1 aliphatic carbocycles. The summed E-state index contributed by atoms with van der Waals surface area (Å²) in [6.45, 7) is 10.2. The number of nitrogens with zero attached hydrogens (tertiary/aromatic N) is 3. The average molecular weight is 309 g/mol. The van der Waals surface area contributed by atoms with E-state index in [-0.39, 0.29) is 5.69 Å². The molecule has 0 aliphatic heterocycles. The lowest BCUT2D eigenvalue weighted by Gasteiger charge is -2.24. The van der Waals surface area contributed by atoms with Gasteiger partial charge >= 0.3 is 5.69 Å². The van der Waals surface area contributed by atoms with Gasteiger partial charge in [-0.15, -0.1) is 11.8 Å². The zero-order chi connectivity index (χ0) is 15.2. The molecule has 0 amide bonds. The Morgan fingerprint density at radius 3 is 2.57 bits per heavy atom. The third-order valence-corrected chi connectivity index (χ3v) is 5.17. The molecule has 0 unspecified atom stereocenters. The summed E-state index contributed by atoms with van der Waals surface area (Å²) in [5, 5.41) is 0.983. The van der Waals surface area contributed by atoms with Crippen molar-refractivity contribution in [3.8, 4) is 0 Å². The maximum atomic E-state index is 12.4. The molecule has 0 saturated carbocycles. The Morgan fingerprint density at radius 1 is 1.19 bits per heavy atom. The number of aromatic nitrogens is 2. The summed E-state index contributed by atoms with van der Waals surface area (Å²) in [5.74, 6) is 0.975. The van der Waals surface area contributed by atoms with Gasteiger partial charge in [-0.25, -0.2) is 4.79 Å². The van der Waals surface area contributed by atoms with Crippen LogP contribution in [0.25, 0.3) is 0 Å². The highest BCUT2D eigenvalue weighted by Crippen LogP contribution is 2.28. The minimum Gasteiger partial charge on any atom is -0.302 e. The molecule has 4 nitrogen and oxygen atoms in total. The molecular weight excluding hydrogens is 282 g/mol. The van der Waals surface area contributed by atoms with Crippen molar-refractivity contribution < 1.29 is 0 Å². The normalized spacial score (nSPS) is 14.5. The van der Waals surface area contributed by atoms with Gasteiger partial charge in [-0.05, 0) is 44.5 Å². The fraction of sp³-hybridized carbons (Fsp3) is 0.750. The summed E-state index contributed by atoms with van der Waals surface area (Å²) in [6, 6.07) is 0. The molecule has 21 heavy (non-hydrogen) atoms. The summed E-state index contributed by atoms with van der Waals surface area (Å²) in [6.07, 6.45) is 4.52. The number of thioether (sulfide) groups is 1. The van der Waals surface area contributed by atoms with E-state index >= 15 is 0 Å². The second-order valence-corrected chi connectivity index (χ2v) is 6.70. The first-order chi connectivity index (χ1) is 10.2. The van der Waals surface area contributed by atoms with Gasteiger partial charge in [0.15, 0.2) is 0 Å². The van der Waals surface area contributed by atoms with E-state index in [9.17, 15) is 4.79 Å². The van der Waals surface area contributed by atoms with Crippen molar-refractivity contribution in [2.45, 2.75) is 58.0 Å². The Balaban J connectivity index is 2.30. The van der Waals surface area contributed by atoms with E-state index < -0.39 is 0 Å². The van der Waals surface area contributed by atoms with Crippen molar-refractivity contribution in [2.24, 2.45) is 0 Å². The van der Waals surface area contributed by atoms with Crippen molar-refractivity contribution in [1.29, 1.82) is 0 Å². The van der Waals surface area contributed by atoms with Crippen LogP contribution < -0.4 is 5.69 Å². The molecule has 1 aromatic heterocycles. The first-order valence-corrected chi connectivity index (χ1v) is 9.17. The molecule has 1 aliphatic rings. The van der Waals surface area contributed by atoms with Crippen molar-refractivity contribution in [1.82, 2.24) is 14.5 Å². The van der Waals surface area contributed by atoms with E-state index in [1.54, 1.807) is 11.8 Å². The highest BCUT2D eigenvalue weighted by Gasteiger charge is 2.20. The largest absolute Gasteiger partial charge is 0.348 e. The molecule has 0 saturated heterocycles. The second-order valence-electron chi connectivity index (χ2n) is 5.44. The van der Waals surface area contributed by atoms with Crippen molar-refractivity contribution in [2.75, 3.05) is 25.4 Å². The monoisotopic (exact) mass is 309 g/mol. The summed E-state index contributed by atoms with van der Waals surface area (Å²) >= 11 is 1.71.